The molecule has 634 valence electrons. The molecular formula is C100H91Cl8N15O2. The van der Waals surface area contributed by atoms with Crippen molar-refractivity contribution in [2.24, 2.45) is 0 Å². The summed E-state index contributed by atoms with van der Waals surface area (Å²) >= 11 is 49.7. The molecule has 4 atom stereocenters. The maximum Gasteiger partial charge on any atom is 0.227 e. The standard InChI is InChI=1S/C30H28Cl2N4O.C26H29Cl2N5.C26H21Cl2N3O.C18H13Cl2N3/c31-27-10-7-21(18-28(27)32)26-17-22-19-33-30(35-29(22)25-4-2-1-3-24(25)26)34-23-8-5-20(6-9-23)11-12-36-13-15-37-16-14-36;1-32-11-13-33(14-12-32)10-4-9-29-26-30-17-19-15-22(18-7-8-23(27)24(28)16-18)20-5-2-3-6-21(20)25(19)31-26;27-23-10-7-17(14-24(23)28)22-13-18-15-29-26(30-19-8-5-16(6-9-19)11-12-32)31-25(18)21-4-2-1-3-20(21)22;19-15-6-5-10(8-16(15)20)14-7-11-9-22-18(21)23-17(11)13-4-2-1-3-12(13)14/h1-10,18-19,26H,11-17H2,(H,33,34,35);2-3,5-8,16-17,22H,4,9-15H2,1H3,(H,29,30,31);1-10,14-15,22,32H,11-13H2,(H,29,30,31);1-6,8-9,14H,7H2,(H2,21,22,23)/t;;;14-/m...0/s1. The van der Waals surface area contributed by atoms with Crippen molar-refractivity contribution in [1.82, 2.24) is 54.6 Å². The number of nitrogens with two attached hydrogens (primary N) is 1. The zero-order valence-electron chi connectivity index (χ0n) is 68.7. The molecule has 6 N–H and O–H groups in total. The van der Waals surface area contributed by atoms with Gasteiger partial charge >= 0.3 is 0 Å². The summed E-state index contributed by atoms with van der Waals surface area (Å²) in [6, 6.07) is 73.6. The Kier molecular flexibility index (Phi) is 28.0. The number of fused-ring (bicyclic) bond motifs is 12. The molecule has 3 unspecified atom stereocenters. The third kappa shape index (κ3) is 20.6. The molecule has 20 rings (SSSR count). The lowest BCUT2D eigenvalue weighted by Gasteiger charge is -2.32. The number of benzene rings is 10. The molecule has 0 amide bonds. The summed E-state index contributed by atoms with van der Waals surface area (Å²) in [5.41, 5.74) is 32.4. The van der Waals surface area contributed by atoms with Crippen molar-refractivity contribution in [2.45, 2.75) is 68.6 Å². The number of nitrogens with one attached hydrogen (secondary N) is 3. The normalized spacial score (nSPS) is 16.6. The average Bonchev–Trinajstić information content (AvgIpc) is 0.774. The molecule has 0 bridgehead atoms. The summed E-state index contributed by atoms with van der Waals surface area (Å²) in [4.78, 5) is 44.5. The number of rotatable bonds is 18. The van der Waals surface area contributed by atoms with E-state index >= 15 is 0 Å². The number of halogens is 8. The minimum Gasteiger partial charge on any atom is -0.396 e. The number of aromatic nitrogens is 8. The lowest BCUT2D eigenvalue weighted by molar-refractivity contribution is 0.0384. The highest BCUT2D eigenvalue weighted by atomic mass is 35.5. The highest BCUT2D eigenvalue weighted by Gasteiger charge is 2.33. The molecule has 0 radical (unpaired) electrons. The van der Waals surface area contributed by atoms with Crippen LogP contribution in [0.3, 0.4) is 0 Å². The van der Waals surface area contributed by atoms with Gasteiger partial charge in [-0.1, -0.05) is 238 Å². The van der Waals surface area contributed by atoms with Crippen LogP contribution in [0.2, 0.25) is 40.2 Å². The first-order valence-corrected chi connectivity index (χ1v) is 45.1. The summed E-state index contributed by atoms with van der Waals surface area (Å²) < 4.78 is 5.44. The van der Waals surface area contributed by atoms with Gasteiger partial charge in [0.1, 0.15) is 0 Å². The summed E-state index contributed by atoms with van der Waals surface area (Å²) in [7, 11) is 2.19. The van der Waals surface area contributed by atoms with Crippen molar-refractivity contribution < 1.29 is 9.84 Å². The van der Waals surface area contributed by atoms with E-state index < -0.39 is 0 Å². The Morgan fingerprint density at radius 3 is 1.10 bits per heavy atom. The predicted octanol–water partition coefficient (Wildman–Crippen LogP) is 23.1. The smallest absolute Gasteiger partial charge is 0.227 e. The number of piperazine rings is 1. The third-order valence-electron chi connectivity index (χ3n) is 24.1. The molecular weight excluding hydrogens is 1730 g/mol. The first-order chi connectivity index (χ1) is 61.0. The van der Waals surface area contributed by atoms with Crippen LogP contribution in [0.5, 0.6) is 0 Å². The zero-order chi connectivity index (χ0) is 86.0. The van der Waals surface area contributed by atoms with Crippen molar-refractivity contribution in [2.75, 3.05) is 107 Å². The number of hydrogen-bond donors (Lipinski definition) is 5. The quantitative estimate of drug-likeness (QED) is 0.0507. The minimum absolute atomic E-state index is 0.142. The molecule has 10 aromatic carbocycles. The Morgan fingerprint density at radius 1 is 0.376 bits per heavy atom. The van der Waals surface area contributed by atoms with Crippen LogP contribution in [-0.4, -0.2) is 145 Å². The molecule has 4 aliphatic carbocycles. The second kappa shape index (κ2) is 40.2. The minimum atomic E-state index is 0.142. The second-order valence-electron chi connectivity index (χ2n) is 32.1. The lowest BCUT2D eigenvalue weighted by atomic mass is 9.78. The SMILES string of the molecule is CN1CCN(CCCNc2ncc3c(n2)-c2ccccc2C(c2ccc(Cl)c(Cl)c2)C3)CC1.Clc1ccc(C2Cc3cnc(Nc4ccc(CCN5CCOCC5)cc4)nc3-c3ccccc32)cc1Cl.Nc1ncc2c(n1)-c1ccccc1[C@H](c1ccc(Cl)c(Cl)c1)C2.OCCc1ccc(Nc2ncc3c(n2)-c2ccccc2C(c2ccc(Cl)c(Cl)c2)C3)cc1. The summed E-state index contributed by atoms with van der Waals surface area (Å²) in [5.74, 6) is 2.89. The average molecular weight is 1820 g/mol. The number of likely N-dealkylation sites (N-methyl/N-ethyl adjacent to an activating group) is 1. The molecule has 17 nitrogen and oxygen atoms in total. The van der Waals surface area contributed by atoms with Gasteiger partial charge in [-0.25, -0.2) is 39.9 Å². The van der Waals surface area contributed by atoms with Crippen LogP contribution in [-0.2, 0) is 43.3 Å². The molecule has 2 aliphatic heterocycles. The summed E-state index contributed by atoms with van der Waals surface area (Å²) in [6.07, 6.45) is 13.7. The molecule has 125 heavy (non-hydrogen) atoms. The largest absolute Gasteiger partial charge is 0.396 e. The highest BCUT2D eigenvalue weighted by molar-refractivity contribution is 6.43. The lowest BCUT2D eigenvalue weighted by Crippen LogP contribution is -2.44. The van der Waals surface area contributed by atoms with Gasteiger partial charge in [0.05, 0.1) is 76.2 Å². The van der Waals surface area contributed by atoms with Crippen LogP contribution in [0.15, 0.2) is 243 Å². The van der Waals surface area contributed by atoms with Crippen LogP contribution in [0.25, 0.3) is 45.0 Å². The molecule has 2 saturated heterocycles. The van der Waals surface area contributed by atoms with Crippen LogP contribution in [0.1, 0.15) is 108 Å². The Hall–Kier alpha value is -10.2. The van der Waals surface area contributed by atoms with Crippen LogP contribution < -0.4 is 21.7 Å². The van der Waals surface area contributed by atoms with E-state index in [2.05, 4.69) is 178 Å². The van der Waals surface area contributed by atoms with Crippen LogP contribution >= 0.6 is 92.8 Å². The van der Waals surface area contributed by atoms with Gasteiger partial charge in [0.25, 0.3) is 0 Å². The topological polar surface area (TPSA) is 204 Å². The van der Waals surface area contributed by atoms with Crippen LogP contribution in [0.4, 0.5) is 35.2 Å². The van der Waals surface area contributed by atoms with Gasteiger partial charge in [0.15, 0.2) is 0 Å². The van der Waals surface area contributed by atoms with Gasteiger partial charge in [0, 0.05) is 141 Å². The van der Waals surface area contributed by atoms with Crippen molar-refractivity contribution in [1.29, 1.82) is 0 Å². The molecule has 2 fully saturated rings. The van der Waals surface area contributed by atoms with E-state index in [0.29, 0.717) is 70.4 Å². The first-order valence-electron chi connectivity index (χ1n) is 42.1. The molecule has 25 heteroatoms. The number of morpholine rings is 1. The van der Waals surface area contributed by atoms with Gasteiger partial charge in [0.2, 0.25) is 23.8 Å². The number of ether oxygens (including phenoxy) is 1. The van der Waals surface area contributed by atoms with Crippen molar-refractivity contribution in [3.8, 4) is 45.0 Å². The van der Waals surface area contributed by atoms with Gasteiger partial charge < -0.3 is 41.3 Å². The fourth-order valence-corrected chi connectivity index (χ4v) is 18.7. The number of aliphatic hydroxyl groups is 1. The van der Waals surface area contributed by atoms with E-state index in [9.17, 15) is 0 Å². The molecule has 6 aliphatic rings. The predicted molar refractivity (Wildman–Crippen MR) is 511 cm³/mol. The van der Waals surface area contributed by atoms with E-state index in [4.69, 9.17) is 123 Å². The van der Waals surface area contributed by atoms with Gasteiger partial charge in [-0.3, -0.25) is 4.90 Å². The summed E-state index contributed by atoms with van der Waals surface area (Å²) in [6.45, 7) is 11.5. The first kappa shape index (κ1) is 86.9. The highest BCUT2D eigenvalue weighted by Crippen LogP contribution is 2.48. The van der Waals surface area contributed by atoms with E-state index in [-0.39, 0.29) is 30.3 Å². The van der Waals surface area contributed by atoms with Crippen molar-refractivity contribution in [3.63, 3.8) is 0 Å². The molecule has 6 heterocycles. The number of anilines is 6. The molecule has 4 aromatic heterocycles. The van der Waals surface area contributed by atoms with Gasteiger partial charge in [-0.05, 0) is 209 Å². The zero-order valence-corrected chi connectivity index (χ0v) is 74.8. The van der Waals surface area contributed by atoms with E-state index in [1.807, 2.05) is 128 Å². The third-order valence-corrected chi connectivity index (χ3v) is 27.0. The fourth-order valence-electron chi connectivity index (χ4n) is 17.5. The monoisotopic (exact) mass is 1810 g/mol. The van der Waals surface area contributed by atoms with Gasteiger partial charge in [-0.2, -0.15) is 0 Å². The number of nitrogens with zero attached hydrogens (tertiary/aromatic N) is 11. The Balaban J connectivity index is 0.000000119. The number of nitrogen functional groups attached to an aromatic ring is 1. The molecule has 0 spiro atoms. The number of hydrogen-bond acceptors (Lipinski definition) is 17. The maximum atomic E-state index is 9.09. The van der Waals surface area contributed by atoms with E-state index in [1.165, 1.54) is 27.8 Å². The maximum absolute atomic E-state index is 9.09. The second-order valence-corrected chi connectivity index (χ2v) is 35.4. The van der Waals surface area contributed by atoms with Gasteiger partial charge in [-0.15, -0.1) is 0 Å². The number of aliphatic hydroxyl groups excluding tert-OH is 1. The Bertz CT molecular complexity index is 6200. The Morgan fingerprint density at radius 2 is 0.720 bits per heavy atom. The van der Waals surface area contributed by atoms with Crippen molar-refractivity contribution >= 4 is 128 Å². The summed E-state index contributed by atoms with van der Waals surface area (Å²) in [5, 5.41) is 23.8. The van der Waals surface area contributed by atoms with E-state index in [0.717, 1.165) is 217 Å². The fraction of sp³-hybridized carbons (Fsp3) is 0.240. The van der Waals surface area contributed by atoms with Crippen molar-refractivity contribution in [3.05, 3.63) is 361 Å². The Labute approximate surface area is 768 Å². The molecule has 0 saturated carbocycles. The van der Waals surface area contributed by atoms with Crippen LogP contribution in [0, 0.1) is 0 Å². The molecule has 14 aromatic rings. The van der Waals surface area contributed by atoms with E-state index in [1.54, 1.807) is 0 Å².